The van der Waals surface area contributed by atoms with E-state index in [9.17, 15) is 14.4 Å². The number of benzene rings is 2. The predicted molar refractivity (Wildman–Crippen MR) is 133 cm³/mol. The monoisotopic (exact) mass is 502 g/mol. The fourth-order valence-corrected chi connectivity index (χ4v) is 4.32. The number of aromatic nitrogens is 2. The topological polar surface area (TPSA) is 104 Å². The van der Waals surface area contributed by atoms with Gasteiger partial charge in [0.05, 0.1) is 49.0 Å². The normalized spacial score (nSPS) is 14.1. The first-order valence-electron chi connectivity index (χ1n) is 11.2. The highest BCUT2D eigenvalue weighted by Crippen LogP contribution is 2.35. The van der Waals surface area contributed by atoms with Gasteiger partial charge in [-0.2, -0.15) is 0 Å². The number of anilines is 1. The zero-order chi connectivity index (χ0) is 24.9. The van der Waals surface area contributed by atoms with Crippen LogP contribution in [0.5, 0.6) is 11.5 Å². The van der Waals surface area contributed by atoms with Crippen molar-refractivity contribution in [1.82, 2.24) is 14.0 Å². The number of carbonyl (C=O) groups excluding carboxylic acids is 1. The third kappa shape index (κ3) is 5.34. The van der Waals surface area contributed by atoms with Crippen molar-refractivity contribution in [2.75, 3.05) is 52.4 Å². The summed E-state index contributed by atoms with van der Waals surface area (Å²) >= 11 is 6.21. The number of amides is 1. The van der Waals surface area contributed by atoms with Gasteiger partial charge < -0.3 is 19.5 Å². The highest BCUT2D eigenvalue weighted by molar-refractivity contribution is 6.32. The van der Waals surface area contributed by atoms with Gasteiger partial charge in [-0.15, -0.1) is 0 Å². The zero-order valence-electron chi connectivity index (χ0n) is 19.6. The first kappa shape index (κ1) is 24.8. The molecule has 1 fully saturated rings. The number of nitrogens with zero attached hydrogens (tertiary/aromatic N) is 3. The lowest BCUT2D eigenvalue weighted by atomic mass is 10.2. The quantitative estimate of drug-likeness (QED) is 0.501. The van der Waals surface area contributed by atoms with Crippen LogP contribution in [0.15, 0.2) is 46.0 Å². The Labute approximate surface area is 206 Å². The third-order valence-corrected chi connectivity index (χ3v) is 6.22. The molecule has 1 N–H and O–H groups in total. The minimum Gasteiger partial charge on any atom is -0.495 e. The summed E-state index contributed by atoms with van der Waals surface area (Å²) in [5.41, 5.74) is -0.197. The molecule has 2 aromatic carbocycles. The second-order valence-corrected chi connectivity index (χ2v) is 8.44. The van der Waals surface area contributed by atoms with Gasteiger partial charge in [0, 0.05) is 32.2 Å². The molecule has 1 aromatic heterocycles. The highest BCUT2D eigenvalue weighted by Gasteiger charge is 2.18. The fourth-order valence-electron chi connectivity index (χ4n) is 4.08. The number of carbonyl (C=O) groups is 1. The number of ether oxygens (including phenoxy) is 3. The number of methoxy groups -OCH3 is 2. The Morgan fingerprint density at radius 3 is 2.46 bits per heavy atom. The van der Waals surface area contributed by atoms with E-state index in [4.69, 9.17) is 25.8 Å². The summed E-state index contributed by atoms with van der Waals surface area (Å²) in [5, 5.41) is 3.40. The SMILES string of the molecule is COc1cc(OC)c(NC(=O)Cn2c(=O)n(CCN3CCOCC3)c(=O)c3ccccc32)cc1Cl. The number of rotatable bonds is 8. The molecule has 2 heterocycles. The average Bonchev–Trinajstić information content (AvgIpc) is 2.87. The van der Waals surface area contributed by atoms with Crippen molar-refractivity contribution in [3.05, 3.63) is 62.3 Å². The summed E-state index contributed by atoms with van der Waals surface area (Å²) in [6, 6.07) is 9.84. The summed E-state index contributed by atoms with van der Waals surface area (Å²) in [6.07, 6.45) is 0. The second-order valence-electron chi connectivity index (χ2n) is 8.03. The molecule has 0 bridgehead atoms. The molecule has 0 spiro atoms. The molecular formula is C24H27ClN4O6. The molecule has 0 saturated carbocycles. The van der Waals surface area contributed by atoms with Crippen LogP contribution in [0.3, 0.4) is 0 Å². The van der Waals surface area contributed by atoms with Crippen LogP contribution >= 0.6 is 11.6 Å². The molecule has 10 nitrogen and oxygen atoms in total. The van der Waals surface area contributed by atoms with Gasteiger partial charge in [0.2, 0.25) is 5.91 Å². The molecular weight excluding hydrogens is 476 g/mol. The van der Waals surface area contributed by atoms with Crippen molar-refractivity contribution in [2.45, 2.75) is 13.1 Å². The maximum atomic E-state index is 13.4. The number of para-hydroxylation sites is 1. The Kier molecular flexibility index (Phi) is 7.74. The van der Waals surface area contributed by atoms with Crippen LogP contribution in [0.25, 0.3) is 10.9 Å². The van der Waals surface area contributed by atoms with E-state index >= 15 is 0 Å². The van der Waals surface area contributed by atoms with E-state index in [0.29, 0.717) is 52.9 Å². The van der Waals surface area contributed by atoms with Crippen molar-refractivity contribution in [1.29, 1.82) is 0 Å². The summed E-state index contributed by atoms with van der Waals surface area (Å²) in [5.74, 6) is 0.276. The standard InChI is InChI=1S/C24H27ClN4O6/c1-33-20-14-21(34-2)18(13-17(20)25)26-22(30)15-29-19-6-4-3-5-16(19)23(31)28(24(29)32)8-7-27-9-11-35-12-10-27/h3-6,13-14H,7-12,15H2,1-2H3,(H,26,30). The Morgan fingerprint density at radius 1 is 1.03 bits per heavy atom. The lowest BCUT2D eigenvalue weighted by molar-refractivity contribution is -0.116. The van der Waals surface area contributed by atoms with E-state index in [1.54, 1.807) is 30.3 Å². The van der Waals surface area contributed by atoms with E-state index in [1.165, 1.54) is 29.4 Å². The molecule has 1 saturated heterocycles. The van der Waals surface area contributed by atoms with Gasteiger partial charge in [0.1, 0.15) is 18.0 Å². The maximum Gasteiger partial charge on any atom is 0.331 e. The summed E-state index contributed by atoms with van der Waals surface area (Å²) in [6.45, 7) is 3.17. The molecule has 1 aliphatic rings. The molecule has 35 heavy (non-hydrogen) atoms. The predicted octanol–water partition coefficient (Wildman–Crippen LogP) is 1.80. The molecule has 0 atom stereocenters. The molecule has 186 valence electrons. The molecule has 3 aromatic rings. The number of fused-ring (bicyclic) bond motifs is 1. The highest BCUT2D eigenvalue weighted by atomic mass is 35.5. The van der Waals surface area contributed by atoms with Crippen molar-refractivity contribution in [3.8, 4) is 11.5 Å². The van der Waals surface area contributed by atoms with Crippen LogP contribution in [0, 0.1) is 0 Å². The van der Waals surface area contributed by atoms with Gasteiger partial charge in [0.15, 0.2) is 0 Å². The minimum absolute atomic E-state index is 0.214. The molecule has 1 aliphatic heterocycles. The minimum atomic E-state index is -0.545. The number of hydrogen-bond donors (Lipinski definition) is 1. The van der Waals surface area contributed by atoms with E-state index in [0.717, 1.165) is 13.1 Å². The van der Waals surface area contributed by atoms with Gasteiger partial charge in [-0.1, -0.05) is 23.7 Å². The van der Waals surface area contributed by atoms with Crippen molar-refractivity contribution >= 4 is 34.1 Å². The lowest BCUT2D eigenvalue weighted by Crippen LogP contribution is -2.45. The smallest absolute Gasteiger partial charge is 0.331 e. The van der Waals surface area contributed by atoms with Crippen LogP contribution in [0.4, 0.5) is 5.69 Å². The summed E-state index contributed by atoms with van der Waals surface area (Å²) < 4.78 is 18.4. The van der Waals surface area contributed by atoms with E-state index in [-0.39, 0.29) is 18.6 Å². The van der Waals surface area contributed by atoms with E-state index in [2.05, 4.69) is 10.2 Å². The average molecular weight is 503 g/mol. The first-order valence-corrected chi connectivity index (χ1v) is 11.5. The molecule has 1 amide bonds. The number of halogens is 1. The molecule has 0 radical (unpaired) electrons. The molecule has 0 unspecified atom stereocenters. The fraction of sp³-hybridized carbons (Fsp3) is 0.375. The van der Waals surface area contributed by atoms with Gasteiger partial charge in [-0.3, -0.25) is 23.6 Å². The van der Waals surface area contributed by atoms with Crippen molar-refractivity contribution < 1.29 is 19.0 Å². The van der Waals surface area contributed by atoms with Gasteiger partial charge in [-0.25, -0.2) is 4.79 Å². The Morgan fingerprint density at radius 2 is 1.74 bits per heavy atom. The summed E-state index contributed by atoms with van der Waals surface area (Å²) in [4.78, 5) is 41.6. The third-order valence-electron chi connectivity index (χ3n) is 5.93. The van der Waals surface area contributed by atoms with Gasteiger partial charge in [-0.05, 0) is 18.2 Å². The van der Waals surface area contributed by atoms with Crippen LogP contribution < -0.4 is 26.0 Å². The van der Waals surface area contributed by atoms with Crippen molar-refractivity contribution in [3.63, 3.8) is 0 Å². The molecule has 0 aliphatic carbocycles. The van der Waals surface area contributed by atoms with Crippen molar-refractivity contribution in [2.24, 2.45) is 0 Å². The first-order chi connectivity index (χ1) is 16.9. The van der Waals surface area contributed by atoms with Crippen LogP contribution in [0.2, 0.25) is 5.02 Å². The number of nitrogens with one attached hydrogen (secondary N) is 1. The Balaban J connectivity index is 1.64. The Bertz CT molecular complexity index is 1350. The van der Waals surface area contributed by atoms with Crippen LogP contribution in [-0.2, 0) is 22.6 Å². The zero-order valence-corrected chi connectivity index (χ0v) is 20.3. The van der Waals surface area contributed by atoms with E-state index in [1.807, 2.05) is 0 Å². The van der Waals surface area contributed by atoms with E-state index < -0.39 is 11.6 Å². The molecule has 4 rings (SSSR count). The second kappa shape index (κ2) is 10.9. The largest absolute Gasteiger partial charge is 0.495 e. The van der Waals surface area contributed by atoms with Crippen LogP contribution in [0.1, 0.15) is 0 Å². The lowest BCUT2D eigenvalue weighted by Gasteiger charge is -2.26. The Hall–Kier alpha value is -3.34. The summed E-state index contributed by atoms with van der Waals surface area (Å²) in [7, 11) is 2.94. The number of morpholine rings is 1. The van der Waals surface area contributed by atoms with Gasteiger partial charge >= 0.3 is 5.69 Å². The van der Waals surface area contributed by atoms with Gasteiger partial charge in [0.25, 0.3) is 5.56 Å². The number of hydrogen-bond acceptors (Lipinski definition) is 7. The van der Waals surface area contributed by atoms with Crippen LogP contribution in [-0.4, -0.2) is 67.0 Å². The maximum absolute atomic E-state index is 13.4. The molecule has 11 heteroatoms.